The van der Waals surface area contributed by atoms with E-state index in [0.717, 1.165) is 139 Å². The summed E-state index contributed by atoms with van der Waals surface area (Å²) in [6.07, 6.45) is 8.58. The van der Waals surface area contributed by atoms with E-state index >= 15 is 0 Å². The van der Waals surface area contributed by atoms with Crippen LogP contribution in [0.5, 0.6) is 5.75 Å². The molecule has 0 spiro atoms. The first-order valence-electron chi connectivity index (χ1n) is 24.5. The summed E-state index contributed by atoms with van der Waals surface area (Å²) in [4.78, 5) is 62.2. The molecule has 5 aliphatic heterocycles. The number of pyridine rings is 1. The minimum Gasteiger partial charge on any atom is -0.494 e. The van der Waals surface area contributed by atoms with Gasteiger partial charge in [0.1, 0.15) is 24.8 Å². The van der Waals surface area contributed by atoms with Crippen LogP contribution in [0.2, 0.25) is 0 Å². The first kappa shape index (κ1) is 47.3. The first-order valence-corrected chi connectivity index (χ1v) is 27.3. The third-order valence-corrected chi connectivity index (χ3v) is 19.1. The Morgan fingerprint density at radius 1 is 0.884 bits per heavy atom. The minimum atomic E-state index is -2.63. The second-order valence-electron chi connectivity index (χ2n) is 19.9. The zero-order valence-electron chi connectivity index (χ0n) is 40.2. The number of carbonyl (C=O) groups excluding carboxylic acids is 3. The summed E-state index contributed by atoms with van der Waals surface area (Å²) >= 11 is 3.66. The zero-order chi connectivity index (χ0) is 48.2. The van der Waals surface area contributed by atoms with Gasteiger partial charge < -0.3 is 29.7 Å². The lowest BCUT2D eigenvalue weighted by molar-refractivity contribution is -0.136. The SMILES string of the molecule is COc1cc(N2CCC(N3CCN(CCc4cccc5c4C(C)(C)C(=O)N5C4CCC(=O)NC4=O)CC3)CC2)c(C)cc1Nc1ncc(Br)c(Nc2ccc3nc(C)ccc3c2P2(=O)CCCC2)n1. The highest BCUT2D eigenvalue weighted by molar-refractivity contribution is 9.10. The van der Waals surface area contributed by atoms with E-state index in [1.807, 2.05) is 51.1 Å². The Hall–Kier alpha value is -5.41. The normalized spacial score (nSPS) is 20.9. The summed E-state index contributed by atoms with van der Waals surface area (Å²) in [5.74, 6) is 0.911. The van der Waals surface area contributed by atoms with Gasteiger partial charge in [0.25, 0.3) is 0 Å². The molecular weight excluding hydrogens is 956 g/mol. The maximum Gasteiger partial charge on any atom is 0.249 e. The van der Waals surface area contributed by atoms with Crippen LogP contribution in [0.25, 0.3) is 10.9 Å². The number of benzene rings is 3. The molecule has 1 unspecified atom stereocenters. The third kappa shape index (κ3) is 9.14. The van der Waals surface area contributed by atoms with E-state index in [-0.39, 0.29) is 18.2 Å². The van der Waals surface area contributed by atoms with Crippen LogP contribution < -0.4 is 35.8 Å². The fraction of sp³-hybridized carbons (Fsp3) is 0.462. The van der Waals surface area contributed by atoms with Gasteiger partial charge in [-0.3, -0.25) is 34.5 Å². The number of imide groups is 1. The van der Waals surface area contributed by atoms with Crippen molar-refractivity contribution in [1.29, 1.82) is 0 Å². The van der Waals surface area contributed by atoms with Gasteiger partial charge in [-0.1, -0.05) is 18.2 Å². The number of rotatable bonds is 12. The first-order chi connectivity index (χ1) is 33.2. The van der Waals surface area contributed by atoms with Crippen LogP contribution in [0.1, 0.15) is 74.8 Å². The van der Waals surface area contributed by atoms with E-state index in [0.29, 0.717) is 46.8 Å². The number of aryl methyl sites for hydroxylation is 2. The van der Waals surface area contributed by atoms with Crippen molar-refractivity contribution in [3.63, 3.8) is 0 Å². The summed E-state index contributed by atoms with van der Waals surface area (Å²) in [6.45, 7) is 14.9. The second kappa shape index (κ2) is 19.1. The molecule has 0 bridgehead atoms. The molecular formula is C52H62BrN10O5P. The predicted octanol–water partition coefficient (Wildman–Crippen LogP) is 7.94. The van der Waals surface area contributed by atoms with Gasteiger partial charge in [0, 0.05) is 111 Å². The predicted molar refractivity (Wildman–Crippen MR) is 277 cm³/mol. The van der Waals surface area contributed by atoms with Crippen molar-refractivity contribution >= 4 is 91.5 Å². The van der Waals surface area contributed by atoms with E-state index in [4.69, 9.17) is 14.7 Å². The number of piperazine rings is 1. The second-order valence-corrected chi connectivity index (χ2v) is 23.9. The fourth-order valence-corrected chi connectivity index (χ4v) is 15.2. The lowest BCUT2D eigenvalue weighted by Crippen LogP contribution is -2.55. The van der Waals surface area contributed by atoms with Crippen molar-refractivity contribution in [2.45, 2.75) is 90.1 Å². The summed E-state index contributed by atoms with van der Waals surface area (Å²) < 4.78 is 21.1. The van der Waals surface area contributed by atoms with Gasteiger partial charge >= 0.3 is 0 Å². The van der Waals surface area contributed by atoms with E-state index in [2.05, 4.69) is 82.8 Å². The fourth-order valence-electron chi connectivity index (χ4n) is 11.5. The molecule has 4 fully saturated rings. The van der Waals surface area contributed by atoms with Crippen LogP contribution in [0, 0.1) is 13.8 Å². The Morgan fingerprint density at radius 3 is 2.39 bits per heavy atom. The topological polar surface area (TPSA) is 165 Å². The average Bonchev–Trinajstić information content (AvgIpc) is 3.87. The monoisotopic (exact) mass is 1020 g/mol. The Morgan fingerprint density at radius 2 is 1.65 bits per heavy atom. The summed E-state index contributed by atoms with van der Waals surface area (Å²) in [5.41, 5.74) is 7.81. The summed E-state index contributed by atoms with van der Waals surface area (Å²) in [6, 6.07) is 18.2. The molecule has 2 aromatic heterocycles. The number of amides is 3. The average molecular weight is 1020 g/mol. The number of piperidine rings is 2. The zero-order valence-corrected chi connectivity index (χ0v) is 42.7. The number of nitrogens with zero attached hydrogens (tertiary/aromatic N) is 7. The molecule has 3 N–H and O–H groups in total. The molecule has 362 valence electrons. The molecule has 0 radical (unpaired) electrons. The van der Waals surface area contributed by atoms with Crippen molar-refractivity contribution in [2.75, 3.05) is 85.7 Å². The van der Waals surface area contributed by atoms with Gasteiger partial charge in [-0.15, -0.1) is 0 Å². The van der Waals surface area contributed by atoms with Crippen LogP contribution in [0.3, 0.4) is 0 Å². The number of halogens is 1. The molecule has 4 saturated heterocycles. The smallest absolute Gasteiger partial charge is 0.249 e. The van der Waals surface area contributed by atoms with Crippen LogP contribution in [-0.2, 0) is 30.8 Å². The Labute approximate surface area is 412 Å². The highest BCUT2D eigenvalue weighted by Gasteiger charge is 2.50. The molecule has 69 heavy (non-hydrogen) atoms. The number of fused-ring (bicyclic) bond motifs is 2. The lowest BCUT2D eigenvalue weighted by atomic mass is 9.82. The van der Waals surface area contributed by atoms with E-state index < -0.39 is 24.5 Å². The van der Waals surface area contributed by atoms with Crippen molar-refractivity contribution in [3.8, 4) is 5.75 Å². The van der Waals surface area contributed by atoms with E-state index in [9.17, 15) is 18.9 Å². The van der Waals surface area contributed by atoms with Crippen molar-refractivity contribution < 1.29 is 23.7 Å². The number of hydrogen-bond donors (Lipinski definition) is 3. The highest BCUT2D eigenvalue weighted by atomic mass is 79.9. The molecule has 5 aliphatic rings. The van der Waals surface area contributed by atoms with Crippen LogP contribution >= 0.6 is 23.1 Å². The molecule has 15 nitrogen and oxygen atoms in total. The molecule has 5 aromatic rings. The van der Waals surface area contributed by atoms with Crippen molar-refractivity contribution in [1.82, 2.24) is 30.1 Å². The van der Waals surface area contributed by atoms with Crippen LogP contribution in [0.15, 0.2) is 65.3 Å². The van der Waals surface area contributed by atoms with Gasteiger partial charge in [0.05, 0.1) is 33.9 Å². The Kier molecular flexibility index (Phi) is 13.1. The minimum absolute atomic E-state index is 0.0848. The summed E-state index contributed by atoms with van der Waals surface area (Å²) in [7, 11) is -0.944. The maximum absolute atomic E-state index is 14.4. The Bertz CT molecular complexity index is 2890. The van der Waals surface area contributed by atoms with Crippen molar-refractivity contribution in [2.24, 2.45) is 0 Å². The quantitative estimate of drug-likeness (QED) is 0.0816. The van der Waals surface area contributed by atoms with E-state index in [1.54, 1.807) is 18.2 Å². The number of methoxy groups -OCH3 is 1. The molecule has 1 atom stereocenters. The van der Waals surface area contributed by atoms with Gasteiger partial charge in [0.2, 0.25) is 23.7 Å². The number of ether oxygens (including phenoxy) is 1. The Balaban J connectivity index is 0.755. The van der Waals surface area contributed by atoms with Gasteiger partial charge in [-0.25, -0.2) is 4.98 Å². The molecule has 3 amide bonds. The number of hydrogen-bond acceptors (Lipinski definition) is 13. The van der Waals surface area contributed by atoms with Crippen molar-refractivity contribution in [3.05, 3.63) is 87.7 Å². The van der Waals surface area contributed by atoms with E-state index in [1.165, 1.54) is 0 Å². The highest BCUT2D eigenvalue weighted by Crippen LogP contribution is 2.54. The summed E-state index contributed by atoms with van der Waals surface area (Å²) in [5, 5.41) is 11.2. The third-order valence-electron chi connectivity index (χ3n) is 15.2. The number of anilines is 6. The molecule has 3 aromatic carbocycles. The molecule has 0 saturated carbocycles. The molecule has 0 aliphatic carbocycles. The van der Waals surface area contributed by atoms with Crippen LogP contribution in [-0.4, -0.2) is 120 Å². The van der Waals surface area contributed by atoms with Crippen LogP contribution in [0.4, 0.5) is 34.5 Å². The lowest BCUT2D eigenvalue weighted by Gasteiger charge is -2.43. The number of nitrogens with one attached hydrogen (secondary N) is 3. The molecule has 10 rings (SSSR count). The molecule has 7 heterocycles. The number of carbonyl (C=O) groups is 3. The standard InChI is InChI=1S/C52H62BrN10O5P/c1-32-29-40(57-51-54-31-37(53)48(59-51)56-39-14-13-38-36(12-11-33(2)55-38)47(39)69(67)27-6-7-28-69)44(68-5)30-43(32)62-21-18-35(19-22-62)61-25-23-60(24-26-61)20-17-34-9-8-10-41-46(34)52(3,4)50(66)63(41)42-15-16-45(64)58-49(42)65/h8-14,29-31,35,42H,6-7,15-28H2,1-5H3,(H,58,64,65)(H2,54,56,57,59). The van der Waals surface area contributed by atoms with Gasteiger partial charge in [-0.05, 0) is 129 Å². The largest absolute Gasteiger partial charge is 0.494 e. The molecule has 17 heteroatoms. The van der Waals surface area contributed by atoms with Gasteiger partial charge in [0.15, 0.2) is 0 Å². The number of aromatic nitrogens is 3. The maximum atomic E-state index is 14.4. The van der Waals surface area contributed by atoms with Gasteiger partial charge in [-0.2, -0.15) is 4.98 Å².